The largest absolute Gasteiger partial charge is 0.479 e. The monoisotopic (exact) mass is 552 g/mol. The van der Waals surface area contributed by atoms with E-state index in [2.05, 4.69) is 6.92 Å². The Bertz CT molecular complexity index is 1100. The summed E-state index contributed by atoms with van der Waals surface area (Å²) >= 11 is 0. The topological polar surface area (TPSA) is 102 Å². The third-order valence-electron chi connectivity index (χ3n) is 7.77. The highest BCUT2D eigenvalue weighted by Gasteiger charge is 2.43. The predicted molar refractivity (Wildman–Crippen MR) is 134 cm³/mol. The maximum Gasteiger partial charge on any atom is 0.416 e. The fourth-order valence-corrected chi connectivity index (χ4v) is 5.84. The van der Waals surface area contributed by atoms with E-state index in [1.807, 2.05) is 12.2 Å². The molecular weight excluding hydrogens is 517 g/mol. The van der Waals surface area contributed by atoms with Crippen molar-refractivity contribution in [1.82, 2.24) is 0 Å². The molecule has 1 aliphatic heterocycles. The Hall–Kier alpha value is -2.85. The van der Waals surface area contributed by atoms with Crippen LogP contribution in [0.5, 0.6) is 5.75 Å². The third-order valence-corrected chi connectivity index (χ3v) is 7.77. The molecule has 1 aromatic carbocycles. The van der Waals surface area contributed by atoms with Gasteiger partial charge >= 0.3 is 18.1 Å². The minimum atomic E-state index is -4.54. The van der Waals surface area contributed by atoms with Gasteiger partial charge in [0.2, 0.25) is 0 Å². The Morgan fingerprint density at radius 3 is 2.67 bits per heavy atom. The van der Waals surface area contributed by atoms with Crippen molar-refractivity contribution in [2.24, 2.45) is 17.8 Å². The Morgan fingerprint density at radius 2 is 1.97 bits per heavy atom. The zero-order chi connectivity index (χ0) is 28.3. The molecule has 1 heterocycles. The first-order valence-corrected chi connectivity index (χ1v) is 13.4. The maximum atomic E-state index is 13.2. The van der Waals surface area contributed by atoms with Crippen LogP contribution in [0.2, 0.25) is 0 Å². The molecule has 1 fully saturated rings. The highest BCUT2D eigenvalue weighted by atomic mass is 19.4. The summed E-state index contributed by atoms with van der Waals surface area (Å²) in [5.41, 5.74) is -0.0300. The zero-order valence-electron chi connectivity index (χ0n) is 22.0. The van der Waals surface area contributed by atoms with Crippen molar-refractivity contribution in [3.8, 4) is 5.75 Å². The van der Waals surface area contributed by atoms with E-state index in [1.165, 1.54) is 12.1 Å². The van der Waals surface area contributed by atoms with Gasteiger partial charge in [0.25, 0.3) is 0 Å². The Labute approximate surface area is 225 Å². The molecule has 0 radical (unpaired) electrons. The Morgan fingerprint density at radius 1 is 1.21 bits per heavy atom. The van der Waals surface area contributed by atoms with Crippen LogP contribution in [0.3, 0.4) is 0 Å². The van der Waals surface area contributed by atoms with Crippen molar-refractivity contribution in [3.63, 3.8) is 0 Å². The van der Waals surface area contributed by atoms with E-state index in [-0.39, 0.29) is 42.8 Å². The van der Waals surface area contributed by atoms with Gasteiger partial charge in [0, 0.05) is 18.8 Å². The molecule has 39 heavy (non-hydrogen) atoms. The first kappa shape index (κ1) is 29.1. The number of aliphatic hydroxyl groups excluding tert-OH is 2. The van der Waals surface area contributed by atoms with Crippen molar-refractivity contribution < 1.29 is 47.2 Å². The van der Waals surface area contributed by atoms with Crippen LogP contribution in [0.4, 0.5) is 13.2 Å². The summed E-state index contributed by atoms with van der Waals surface area (Å²) in [5.74, 6) is -1.33. The van der Waals surface area contributed by atoms with Gasteiger partial charge in [-0.15, -0.1) is 0 Å². The number of carbonyl (C=O) groups excluding carboxylic acids is 2. The van der Waals surface area contributed by atoms with Gasteiger partial charge < -0.3 is 24.4 Å². The van der Waals surface area contributed by atoms with Crippen LogP contribution >= 0.6 is 0 Å². The molecule has 214 valence electrons. The lowest BCUT2D eigenvalue weighted by molar-refractivity contribution is -0.165. The molecule has 8 atom stereocenters. The molecule has 1 aromatic rings. The second kappa shape index (κ2) is 12.1. The summed E-state index contributed by atoms with van der Waals surface area (Å²) in [6.45, 7) is 3.73. The standard InChI is InChI=1S/C29H35F3O7/c1-3-24(37-21-6-4-5-18(12-21)29(30,31)32)28(36)39-25-14-19(33)11-17-8-7-16(2)23(27(17)25)10-9-22-13-20(34)15-26(35)38-22/h4-8,11-12,16,19-20,22-25,27,33-34H,3,9-10,13-15H2,1-2H3/t16-,19+,20+,22+,23-,24?,25-,27-/m0/s1. The van der Waals surface area contributed by atoms with Gasteiger partial charge in [-0.3, -0.25) is 4.79 Å². The van der Waals surface area contributed by atoms with E-state index in [4.69, 9.17) is 14.2 Å². The molecule has 0 spiro atoms. The van der Waals surface area contributed by atoms with Crippen molar-refractivity contribution in [3.05, 3.63) is 53.6 Å². The van der Waals surface area contributed by atoms with Crippen molar-refractivity contribution in [2.45, 2.75) is 89.1 Å². The second-order valence-electron chi connectivity index (χ2n) is 10.7. The third kappa shape index (κ3) is 7.22. The fourth-order valence-electron chi connectivity index (χ4n) is 5.84. The summed E-state index contributed by atoms with van der Waals surface area (Å²) in [6.07, 6.45) is -0.688. The average Bonchev–Trinajstić information content (AvgIpc) is 2.86. The highest BCUT2D eigenvalue weighted by Crippen LogP contribution is 2.44. The molecule has 1 unspecified atom stereocenters. The smallest absolute Gasteiger partial charge is 0.416 e. The Kier molecular flexibility index (Phi) is 9.06. The number of aliphatic hydroxyl groups is 2. The number of ether oxygens (including phenoxy) is 3. The van der Waals surface area contributed by atoms with Crippen LogP contribution in [0.15, 0.2) is 48.1 Å². The number of halogens is 3. The van der Waals surface area contributed by atoms with E-state index in [1.54, 1.807) is 13.0 Å². The van der Waals surface area contributed by atoms with Crippen LogP contribution in [0.25, 0.3) is 0 Å². The maximum absolute atomic E-state index is 13.2. The van der Waals surface area contributed by atoms with Crippen LogP contribution in [-0.4, -0.2) is 52.7 Å². The number of hydrogen-bond acceptors (Lipinski definition) is 7. The number of alkyl halides is 3. The number of cyclic esters (lactones) is 1. The molecule has 2 N–H and O–H groups in total. The van der Waals surface area contributed by atoms with E-state index in [9.17, 15) is 33.0 Å². The molecule has 10 heteroatoms. The number of fused-ring (bicyclic) bond motifs is 1. The number of carbonyl (C=O) groups is 2. The highest BCUT2D eigenvalue weighted by molar-refractivity contribution is 5.75. The molecule has 0 bridgehead atoms. The van der Waals surface area contributed by atoms with Crippen LogP contribution < -0.4 is 4.74 Å². The van der Waals surface area contributed by atoms with Gasteiger partial charge in [-0.05, 0) is 54.9 Å². The van der Waals surface area contributed by atoms with Crippen LogP contribution in [0.1, 0.15) is 57.9 Å². The van der Waals surface area contributed by atoms with Gasteiger partial charge in [0.15, 0.2) is 6.10 Å². The Balaban J connectivity index is 1.48. The van der Waals surface area contributed by atoms with Crippen molar-refractivity contribution in [1.29, 1.82) is 0 Å². The fraction of sp³-hybridized carbons (Fsp3) is 0.586. The number of hydrogen-bond donors (Lipinski definition) is 2. The minimum Gasteiger partial charge on any atom is -0.479 e. The van der Waals surface area contributed by atoms with E-state index in [0.717, 1.165) is 17.7 Å². The van der Waals surface area contributed by atoms with Gasteiger partial charge in [-0.25, -0.2) is 4.79 Å². The van der Waals surface area contributed by atoms with Crippen molar-refractivity contribution >= 4 is 11.9 Å². The minimum absolute atomic E-state index is 0.00813. The van der Waals surface area contributed by atoms with Crippen molar-refractivity contribution in [2.75, 3.05) is 0 Å². The SMILES string of the molecule is CCC(Oc1cccc(C(F)(F)F)c1)C(=O)O[C@H]1C[C@H](O)C=C2C=C[C@H](C)[C@H](CC[C@@H]3C[C@@H](O)CC(=O)O3)[C@H]21. The van der Waals surface area contributed by atoms with Gasteiger partial charge in [0.1, 0.15) is 18.0 Å². The summed E-state index contributed by atoms with van der Waals surface area (Å²) in [4.78, 5) is 25.0. The predicted octanol–water partition coefficient (Wildman–Crippen LogP) is 4.75. The number of rotatable bonds is 8. The summed E-state index contributed by atoms with van der Waals surface area (Å²) < 4.78 is 56.3. The number of esters is 2. The first-order valence-electron chi connectivity index (χ1n) is 13.4. The quantitative estimate of drug-likeness (QED) is 0.449. The van der Waals surface area contributed by atoms with E-state index < -0.39 is 54.2 Å². The summed E-state index contributed by atoms with van der Waals surface area (Å²) in [5, 5.41) is 20.4. The lowest BCUT2D eigenvalue weighted by Gasteiger charge is -2.43. The molecular formula is C29H35F3O7. The molecule has 2 aliphatic carbocycles. The molecule has 1 saturated heterocycles. The number of benzene rings is 1. The summed E-state index contributed by atoms with van der Waals surface area (Å²) in [6, 6.07) is 4.35. The molecule has 4 rings (SSSR count). The van der Waals surface area contributed by atoms with Gasteiger partial charge in [-0.1, -0.05) is 38.1 Å². The van der Waals surface area contributed by atoms with E-state index in [0.29, 0.717) is 19.3 Å². The van der Waals surface area contributed by atoms with Gasteiger partial charge in [-0.2, -0.15) is 13.2 Å². The van der Waals surface area contributed by atoms with E-state index >= 15 is 0 Å². The van der Waals surface area contributed by atoms with Gasteiger partial charge in [0.05, 0.1) is 24.2 Å². The average molecular weight is 553 g/mol. The number of allylic oxidation sites excluding steroid dienone is 2. The zero-order valence-corrected chi connectivity index (χ0v) is 22.0. The normalized spacial score (nSPS) is 31.5. The van der Waals surface area contributed by atoms with Crippen LogP contribution in [0, 0.1) is 17.8 Å². The lowest BCUT2D eigenvalue weighted by atomic mass is 9.66. The lowest BCUT2D eigenvalue weighted by Crippen LogP contribution is -2.44. The first-order chi connectivity index (χ1) is 18.4. The second-order valence-corrected chi connectivity index (χ2v) is 10.7. The molecule has 7 nitrogen and oxygen atoms in total. The molecule has 0 aromatic heterocycles. The van der Waals surface area contributed by atoms with Crippen LogP contribution in [-0.2, 0) is 25.2 Å². The molecule has 3 aliphatic rings. The molecule has 0 saturated carbocycles. The summed E-state index contributed by atoms with van der Waals surface area (Å²) in [7, 11) is 0. The molecule has 0 amide bonds.